The van der Waals surface area contributed by atoms with Crippen LogP contribution in [0, 0.1) is 5.82 Å². The van der Waals surface area contributed by atoms with Crippen LogP contribution in [0.2, 0.25) is 5.02 Å². The molecule has 0 bridgehead atoms. The zero-order valence-corrected chi connectivity index (χ0v) is 12.8. The standard InChI is InChI=1S/C17H18ClFO2/c1-17(20,10-12-3-6-14(21-2)7-4-12)11-13-5-8-15(18)16(19)9-13/h3-9,20H,10-11H2,1-2H3. The molecule has 1 atom stereocenters. The highest BCUT2D eigenvalue weighted by Gasteiger charge is 2.22. The van der Waals surface area contributed by atoms with E-state index in [0.29, 0.717) is 12.8 Å². The molecule has 0 heterocycles. The molecule has 0 radical (unpaired) electrons. The third kappa shape index (κ3) is 4.45. The summed E-state index contributed by atoms with van der Waals surface area (Å²) in [4.78, 5) is 0. The van der Waals surface area contributed by atoms with Gasteiger partial charge in [-0.1, -0.05) is 29.8 Å². The lowest BCUT2D eigenvalue weighted by Gasteiger charge is -2.23. The molecule has 2 aromatic carbocycles. The van der Waals surface area contributed by atoms with Crippen molar-refractivity contribution in [1.82, 2.24) is 0 Å². The first-order chi connectivity index (χ1) is 9.89. The van der Waals surface area contributed by atoms with Gasteiger partial charge in [-0.15, -0.1) is 0 Å². The Morgan fingerprint density at radius 3 is 2.24 bits per heavy atom. The molecule has 2 rings (SSSR count). The Bertz CT molecular complexity index is 609. The number of hydrogen-bond acceptors (Lipinski definition) is 2. The fourth-order valence-electron chi connectivity index (χ4n) is 2.33. The molecule has 0 aliphatic rings. The highest BCUT2D eigenvalue weighted by atomic mass is 35.5. The van der Waals surface area contributed by atoms with E-state index in [1.54, 1.807) is 20.1 Å². The second-order valence-electron chi connectivity index (χ2n) is 5.45. The normalized spacial score (nSPS) is 13.8. The highest BCUT2D eigenvalue weighted by Crippen LogP contribution is 2.23. The molecule has 0 fully saturated rings. The predicted molar refractivity (Wildman–Crippen MR) is 82.4 cm³/mol. The van der Waals surface area contributed by atoms with E-state index in [4.69, 9.17) is 16.3 Å². The van der Waals surface area contributed by atoms with Crippen LogP contribution >= 0.6 is 11.6 Å². The van der Waals surface area contributed by atoms with E-state index in [0.717, 1.165) is 16.9 Å². The Morgan fingerprint density at radius 2 is 1.67 bits per heavy atom. The van der Waals surface area contributed by atoms with Gasteiger partial charge in [-0.25, -0.2) is 4.39 Å². The van der Waals surface area contributed by atoms with E-state index in [2.05, 4.69) is 0 Å². The second-order valence-corrected chi connectivity index (χ2v) is 5.85. The van der Waals surface area contributed by atoms with Gasteiger partial charge in [-0.05, 0) is 42.3 Å². The van der Waals surface area contributed by atoms with Gasteiger partial charge < -0.3 is 9.84 Å². The molecule has 0 aliphatic carbocycles. The van der Waals surface area contributed by atoms with E-state index < -0.39 is 11.4 Å². The fourth-order valence-corrected chi connectivity index (χ4v) is 2.45. The maximum atomic E-state index is 13.4. The Labute approximate surface area is 129 Å². The van der Waals surface area contributed by atoms with E-state index in [9.17, 15) is 9.50 Å². The summed E-state index contributed by atoms with van der Waals surface area (Å²) in [6.07, 6.45) is 0.828. The van der Waals surface area contributed by atoms with Crippen molar-refractivity contribution >= 4 is 11.6 Å². The van der Waals surface area contributed by atoms with Crippen LogP contribution in [0.25, 0.3) is 0 Å². The highest BCUT2D eigenvalue weighted by molar-refractivity contribution is 6.30. The molecular formula is C17H18ClFO2. The van der Waals surface area contributed by atoms with Crippen LogP contribution in [0.5, 0.6) is 5.75 Å². The predicted octanol–water partition coefficient (Wildman–Crippen LogP) is 4.02. The van der Waals surface area contributed by atoms with Crippen LogP contribution in [0.1, 0.15) is 18.1 Å². The molecule has 1 N–H and O–H groups in total. The molecule has 0 aliphatic heterocycles. The molecule has 0 saturated heterocycles. The van der Waals surface area contributed by atoms with Gasteiger partial charge in [-0.2, -0.15) is 0 Å². The van der Waals surface area contributed by atoms with Crippen LogP contribution in [0.4, 0.5) is 4.39 Å². The Kier molecular flexibility index (Phi) is 4.86. The van der Waals surface area contributed by atoms with Gasteiger partial charge >= 0.3 is 0 Å². The average Bonchev–Trinajstić information content (AvgIpc) is 2.43. The van der Waals surface area contributed by atoms with Crippen molar-refractivity contribution in [3.8, 4) is 5.75 Å². The van der Waals surface area contributed by atoms with Gasteiger partial charge in [0, 0.05) is 12.8 Å². The monoisotopic (exact) mass is 308 g/mol. The summed E-state index contributed by atoms with van der Waals surface area (Å²) in [7, 11) is 1.61. The minimum absolute atomic E-state index is 0.0912. The van der Waals surface area contributed by atoms with E-state index in [-0.39, 0.29) is 5.02 Å². The summed E-state index contributed by atoms with van der Waals surface area (Å²) in [6, 6.07) is 12.1. The topological polar surface area (TPSA) is 29.5 Å². The van der Waals surface area contributed by atoms with Gasteiger partial charge in [0.1, 0.15) is 11.6 Å². The van der Waals surface area contributed by atoms with Crippen LogP contribution in [0.15, 0.2) is 42.5 Å². The molecule has 2 nitrogen and oxygen atoms in total. The molecular weight excluding hydrogens is 291 g/mol. The average molecular weight is 309 g/mol. The lowest BCUT2D eigenvalue weighted by Crippen LogP contribution is -2.30. The maximum absolute atomic E-state index is 13.4. The third-order valence-electron chi connectivity index (χ3n) is 3.31. The lowest BCUT2D eigenvalue weighted by atomic mass is 9.90. The summed E-state index contributed by atoms with van der Waals surface area (Å²) in [5.74, 6) is 0.313. The number of hydrogen-bond donors (Lipinski definition) is 1. The van der Waals surface area contributed by atoms with Crippen molar-refractivity contribution in [2.24, 2.45) is 0 Å². The van der Waals surface area contributed by atoms with Gasteiger partial charge in [0.2, 0.25) is 0 Å². The van der Waals surface area contributed by atoms with Crippen LogP contribution in [0.3, 0.4) is 0 Å². The Morgan fingerprint density at radius 1 is 1.10 bits per heavy atom. The zero-order chi connectivity index (χ0) is 15.5. The SMILES string of the molecule is COc1ccc(CC(C)(O)Cc2ccc(Cl)c(F)c2)cc1. The zero-order valence-electron chi connectivity index (χ0n) is 12.1. The van der Waals surface area contributed by atoms with Gasteiger partial charge in [0.15, 0.2) is 0 Å². The minimum atomic E-state index is -0.963. The summed E-state index contributed by atoms with van der Waals surface area (Å²) >= 11 is 5.66. The van der Waals surface area contributed by atoms with Crippen molar-refractivity contribution < 1.29 is 14.2 Å². The second kappa shape index (κ2) is 6.46. The lowest BCUT2D eigenvalue weighted by molar-refractivity contribution is 0.0607. The fraction of sp³-hybridized carbons (Fsp3) is 0.294. The maximum Gasteiger partial charge on any atom is 0.142 e. The van der Waals surface area contributed by atoms with Gasteiger partial charge in [0.05, 0.1) is 17.7 Å². The van der Waals surface area contributed by atoms with Crippen LogP contribution in [-0.2, 0) is 12.8 Å². The van der Waals surface area contributed by atoms with Crippen molar-refractivity contribution in [2.75, 3.05) is 7.11 Å². The Balaban J connectivity index is 2.07. The molecule has 1 unspecified atom stereocenters. The number of benzene rings is 2. The molecule has 112 valence electrons. The van der Waals surface area contributed by atoms with Crippen molar-refractivity contribution in [2.45, 2.75) is 25.4 Å². The van der Waals surface area contributed by atoms with Gasteiger partial charge in [-0.3, -0.25) is 0 Å². The van der Waals surface area contributed by atoms with E-state index >= 15 is 0 Å². The minimum Gasteiger partial charge on any atom is -0.497 e. The molecule has 4 heteroatoms. The third-order valence-corrected chi connectivity index (χ3v) is 3.62. The number of ether oxygens (including phenoxy) is 1. The van der Waals surface area contributed by atoms with Crippen LogP contribution < -0.4 is 4.74 Å². The molecule has 0 spiro atoms. The molecule has 0 saturated carbocycles. The summed E-state index contributed by atoms with van der Waals surface area (Å²) < 4.78 is 18.5. The van der Waals surface area contributed by atoms with Gasteiger partial charge in [0.25, 0.3) is 0 Å². The summed E-state index contributed by atoms with van der Waals surface area (Å²) in [5, 5.41) is 10.6. The van der Waals surface area contributed by atoms with Crippen molar-refractivity contribution in [1.29, 1.82) is 0 Å². The molecule has 2 aromatic rings. The molecule has 0 amide bonds. The number of rotatable bonds is 5. The van der Waals surface area contributed by atoms with E-state index in [1.165, 1.54) is 12.1 Å². The number of aliphatic hydroxyl groups is 1. The van der Waals surface area contributed by atoms with Crippen LogP contribution in [-0.4, -0.2) is 17.8 Å². The molecule has 0 aromatic heterocycles. The first kappa shape index (κ1) is 15.8. The van der Waals surface area contributed by atoms with Crippen molar-refractivity contribution in [3.63, 3.8) is 0 Å². The Hall–Kier alpha value is -1.58. The number of methoxy groups -OCH3 is 1. The number of halogens is 2. The van der Waals surface area contributed by atoms with E-state index in [1.807, 2.05) is 24.3 Å². The largest absolute Gasteiger partial charge is 0.497 e. The smallest absolute Gasteiger partial charge is 0.142 e. The van der Waals surface area contributed by atoms with Crippen molar-refractivity contribution in [3.05, 3.63) is 64.4 Å². The quantitative estimate of drug-likeness (QED) is 0.904. The molecule has 21 heavy (non-hydrogen) atoms. The first-order valence-corrected chi connectivity index (χ1v) is 7.07. The summed E-state index contributed by atoms with van der Waals surface area (Å²) in [5.41, 5.74) is 0.750. The first-order valence-electron chi connectivity index (χ1n) is 6.69. The summed E-state index contributed by atoms with van der Waals surface area (Å²) in [6.45, 7) is 1.74.